The van der Waals surface area contributed by atoms with E-state index >= 15 is 0 Å². The van der Waals surface area contributed by atoms with Gasteiger partial charge in [-0.2, -0.15) is 0 Å². The number of ether oxygens (including phenoxy) is 1. The molecule has 1 unspecified atom stereocenters. The Morgan fingerprint density at radius 2 is 2.06 bits per heavy atom. The highest BCUT2D eigenvalue weighted by atomic mass is 16.6. The Kier molecular flexibility index (Phi) is 3.64. The summed E-state index contributed by atoms with van der Waals surface area (Å²) in [4.78, 5) is 10.9. The summed E-state index contributed by atoms with van der Waals surface area (Å²) in [5.74, 6) is 0.602. The van der Waals surface area contributed by atoms with E-state index in [1.165, 1.54) is 0 Å². The van der Waals surface area contributed by atoms with Crippen LogP contribution in [0.15, 0.2) is 30.3 Å². The van der Waals surface area contributed by atoms with Gasteiger partial charge >= 0.3 is 6.09 Å². The van der Waals surface area contributed by atoms with Crippen LogP contribution in [0.3, 0.4) is 0 Å². The molecule has 0 aromatic heterocycles. The van der Waals surface area contributed by atoms with Crippen molar-refractivity contribution in [3.05, 3.63) is 35.9 Å². The Morgan fingerprint density at radius 1 is 1.41 bits per heavy atom. The first-order valence-corrected chi connectivity index (χ1v) is 5.82. The van der Waals surface area contributed by atoms with Crippen LogP contribution in [-0.4, -0.2) is 17.8 Å². The third-order valence-electron chi connectivity index (χ3n) is 3.33. The average Bonchev–Trinajstić information content (AvgIpc) is 2.27. The molecule has 0 saturated heterocycles. The molecule has 1 aromatic carbocycles. The Hall–Kier alpha value is -1.55. The number of rotatable bonds is 4. The average molecular weight is 235 g/mol. The summed E-state index contributed by atoms with van der Waals surface area (Å²) in [6.07, 6.45) is 0.731. The molecular formula is C13H17NO3. The van der Waals surface area contributed by atoms with Crippen molar-refractivity contribution in [2.75, 3.05) is 6.61 Å². The van der Waals surface area contributed by atoms with E-state index in [1.807, 2.05) is 30.3 Å². The lowest BCUT2D eigenvalue weighted by Crippen LogP contribution is -2.34. The quantitative estimate of drug-likeness (QED) is 0.836. The normalized spacial score (nSPS) is 24.8. The number of primary amides is 1. The zero-order chi connectivity index (χ0) is 12.3. The fourth-order valence-electron chi connectivity index (χ4n) is 2.39. The van der Waals surface area contributed by atoms with Crippen LogP contribution in [0, 0.1) is 11.8 Å². The van der Waals surface area contributed by atoms with E-state index in [1.54, 1.807) is 0 Å². The minimum Gasteiger partial charge on any atom is -0.441 e. The Morgan fingerprint density at radius 3 is 2.59 bits per heavy atom. The van der Waals surface area contributed by atoms with E-state index < -0.39 is 6.09 Å². The van der Waals surface area contributed by atoms with Gasteiger partial charge in [0.25, 0.3) is 0 Å². The molecule has 17 heavy (non-hydrogen) atoms. The molecule has 1 saturated carbocycles. The number of carbonyl (C=O) groups excluding carboxylic acids is 1. The van der Waals surface area contributed by atoms with Crippen molar-refractivity contribution >= 4 is 6.09 Å². The third kappa shape index (κ3) is 2.77. The molecule has 2 rings (SSSR count). The van der Waals surface area contributed by atoms with Gasteiger partial charge in [0.05, 0.1) is 0 Å². The number of nitrogens with two attached hydrogens (primary N) is 1. The first-order valence-electron chi connectivity index (χ1n) is 5.82. The maximum Gasteiger partial charge on any atom is 0.405 e. The summed E-state index contributed by atoms with van der Waals surface area (Å²) in [5.41, 5.74) is 6.07. The molecule has 3 N–H and O–H groups in total. The molecule has 0 bridgehead atoms. The largest absolute Gasteiger partial charge is 0.441 e. The van der Waals surface area contributed by atoms with Crippen molar-refractivity contribution in [3.63, 3.8) is 0 Å². The van der Waals surface area contributed by atoms with Gasteiger partial charge in [0.1, 0.15) is 6.10 Å². The maximum atomic E-state index is 10.9. The predicted molar refractivity (Wildman–Crippen MR) is 63.2 cm³/mol. The van der Waals surface area contributed by atoms with Crippen LogP contribution < -0.4 is 5.73 Å². The smallest absolute Gasteiger partial charge is 0.405 e. The van der Waals surface area contributed by atoms with Crippen molar-refractivity contribution in [2.24, 2.45) is 17.6 Å². The fourth-order valence-corrected chi connectivity index (χ4v) is 2.39. The van der Waals surface area contributed by atoms with Crippen molar-refractivity contribution in [2.45, 2.75) is 18.9 Å². The highest BCUT2D eigenvalue weighted by molar-refractivity contribution is 5.65. The number of aliphatic hydroxyl groups excluding tert-OH is 1. The molecule has 0 spiro atoms. The van der Waals surface area contributed by atoms with Crippen LogP contribution in [0.1, 0.15) is 24.5 Å². The van der Waals surface area contributed by atoms with Gasteiger partial charge < -0.3 is 15.6 Å². The molecule has 4 nitrogen and oxygen atoms in total. The van der Waals surface area contributed by atoms with E-state index in [0.717, 1.165) is 18.4 Å². The van der Waals surface area contributed by atoms with E-state index in [9.17, 15) is 4.79 Å². The molecule has 1 fully saturated rings. The van der Waals surface area contributed by atoms with Crippen LogP contribution >= 0.6 is 0 Å². The maximum absolute atomic E-state index is 10.9. The molecule has 1 aliphatic rings. The lowest BCUT2D eigenvalue weighted by Gasteiger charge is -2.38. The minimum absolute atomic E-state index is 0.203. The first-order chi connectivity index (χ1) is 8.20. The zero-order valence-corrected chi connectivity index (χ0v) is 9.58. The Bertz CT molecular complexity index is 374. The number of carbonyl (C=O) groups is 1. The van der Waals surface area contributed by atoms with Gasteiger partial charge in [-0.25, -0.2) is 4.79 Å². The fraction of sp³-hybridized carbons (Fsp3) is 0.462. The molecule has 0 heterocycles. The van der Waals surface area contributed by atoms with Crippen LogP contribution in [0.2, 0.25) is 0 Å². The summed E-state index contributed by atoms with van der Waals surface area (Å²) in [6, 6.07) is 9.60. The summed E-state index contributed by atoms with van der Waals surface area (Å²) in [7, 11) is 0. The van der Waals surface area contributed by atoms with Gasteiger partial charge in [0, 0.05) is 12.5 Å². The Balaban J connectivity index is 2.07. The topological polar surface area (TPSA) is 72.6 Å². The van der Waals surface area contributed by atoms with Crippen molar-refractivity contribution in [1.82, 2.24) is 0 Å². The van der Waals surface area contributed by atoms with Gasteiger partial charge in [-0.05, 0) is 24.3 Å². The lowest BCUT2D eigenvalue weighted by molar-refractivity contribution is -0.00446. The molecule has 1 amide bonds. The van der Waals surface area contributed by atoms with Gasteiger partial charge in [0.2, 0.25) is 0 Å². The number of hydrogen-bond acceptors (Lipinski definition) is 3. The van der Waals surface area contributed by atoms with Gasteiger partial charge in [-0.15, -0.1) is 0 Å². The van der Waals surface area contributed by atoms with E-state index in [4.69, 9.17) is 15.6 Å². The molecule has 92 valence electrons. The van der Waals surface area contributed by atoms with E-state index in [2.05, 4.69) is 0 Å². The molecule has 1 aliphatic carbocycles. The van der Waals surface area contributed by atoms with Crippen LogP contribution in [-0.2, 0) is 4.74 Å². The predicted octanol–water partition coefficient (Wildman–Crippen LogP) is 1.84. The number of aliphatic hydroxyl groups is 1. The number of hydrogen-bond donors (Lipinski definition) is 2. The SMILES string of the molecule is NC(=O)OC(c1ccccc1)[C@H]1C[C@@H](CO)C1. The minimum atomic E-state index is -0.744. The molecular weight excluding hydrogens is 218 g/mol. The summed E-state index contributed by atoms with van der Waals surface area (Å²) in [5, 5.41) is 9.01. The standard InChI is InChI=1S/C13H17NO3/c14-13(16)17-12(10-4-2-1-3-5-10)11-6-9(7-11)8-15/h1-5,9,11-12,15H,6-8H2,(H2,14,16)/t9-,11+,12?. The second-order valence-corrected chi connectivity index (χ2v) is 4.55. The molecule has 0 radical (unpaired) electrons. The molecule has 1 atom stereocenters. The second kappa shape index (κ2) is 5.19. The monoisotopic (exact) mass is 235 g/mol. The van der Waals surface area contributed by atoms with Crippen LogP contribution in [0.4, 0.5) is 4.79 Å². The first kappa shape index (κ1) is 11.9. The van der Waals surface area contributed by atoms with Gasteiger partial charge in [0.15, 0.2) is 0 Å². The van der Waals surface area contributed by atoms with Crippen molar-refractivity contribution < 1.29 is 14.6 Å². The van der Waals surface area contributed by atoms with Crippen LogP contribution in [0.5, 0.6) is 0 Å². The highest BCUT2D eigenvalue weighted by Gasteiger charge is 2.37. The summed E-state index contributed by atoms with van der Waals surface area (Å²) in [6.45, 7) is 0.203. The lowest BCUT2D eigenvalue weighted by atomic mass is 9.71. The summed E-state index contributed by atoms with van der Waals surface area (Å²) >= 11 is 0. The third-order valence-corrected chi connectivity index (χ3v) is 3.33. The van der Waals surface area contributed by atoms with E-state index in [0.29, 0.717) is 5.92 Å². The number of amides is 1. The zero-order valence-electron chi connectivity index (χ0n) is 9.58. The second-order valence-electron chi connectivity index (χ2n) is 4.55. The number of benzene rings is 1. The van der Waals surface area contributed by atoms with Crippen molar-refractivity contribution in [3.8, 4) is 0 Å². The van der Waals surface area contributed by atoms with E-state index in [-0.39, 0.29) is 18.6 Å². The Labute approximate surface area is 100 Å². The van der Waals surface area contributed by atoms with Crippen molar-refractivity contribution in [1.29, 1.82) is 0 Å². The summed E-state index contributed by atoms with van der Waals surface area (Å²) < 4.78 is 5.19. The highest BCUT2D eigenvalue weighted by Crippen LogP contribution is 2.43. The molecule has 1 aromatic rings. The van der Waals surface area contributed by atoms with Gasteiger partial charge in [-0.3, -0.25) is 0 Å². The molecule has 0 aliphatic heterocycles. The van der Waals surface area contributed by atoms with Gasteiger partial charge in [-0.1, -0.05) is 30.3 Å². The van der Waals surface area contributed by atoms with Crippen LogP contribution in [0.25, 0.3) is 0 Å². The molecule has 4 heteroatoms.